The van der Waals surface area contributed by atoms with Gasteiger partial charge in [-0.1, -0.05) is 58.7 Å². The first kappa shape index (κ1) is 19.7. The van der Waals surface area contributed by atoms with Crippen LogP contribution < -0.4 is 16.6 Å². The molecule has 1 aromatic carbocycles. The zero-order valence-electron chi connectivity index (χ0n) is 15.2. The number of unbranched alkanes of at least 4 members (excludes halogenated alkanes) is 1. The van der Waals surface area contributed by atoms with E-state index in [-0.39, 0.29) is 0 Å². The van der Waals surface area contributed by atoms with Crippen molar-refractivity contribution in [1.82, 2.24) is 4.98 Å². The van der Waals surface area contributed by atoms with Gasteiger partial charge in [0, 0.05) is 24.2 Å². The van der Waals surface area contributed by atoms with Crippen molar-refractivity contribution in [1.29, 1.82) is 0 Å². The Labute approximate surface area is 146 Å². The van der Waals surface area contributed by atoms with Crippen molar-refractivity contribution in [3.63, 3.8) is 0 Å². The molecule has 1 heterocycles. The van der Waals surface area contributed by atoms with Gasteiger partial charge in [0.15, 0.2) is 0 Å². The van der Waals surface area contributed by atoms with E-state index in [1.54, 1.807) is 17.4 Å². The average molecular weight is 326 g/mol. The molecule has 0 amide bonds. The minimum absolute atomic E-state index is 0.375. The standard InChI is InChI=1S/C16H20N4.C4H10/c1-12(2)14-7-6-13(15-5-3-4-9-19-15)11-16(14)20(18)10-8-17;1-3-4-2/h3-12H,17-18H2,1-2H3;3-4H2,1-2H3/b10-8-;. The molecule has 2 aromatic rings. The first-order valence-corrected chi connectivity index (χ1v) is 8.52. The maximum Gasteiger partial charge on any atom is 0.0702 e. The maximum absolute atomic E-state index is 6.04. The van der Waals surface area contributed by atoms with Crippen LogP contribution in [0.3, 0.4) is 0 Å². The van der Waals surface area contributed by atoms with Crippen LogP contribution in [0.4, 0.5) is 5.69 Å². The number of hydrazine groups is 1. The highest BCUT2D eigenvalue weighted by Gasteiger charge is 2.11. The SMILES string of the molecule is CC(C)c1ccc(-c2ccccn2)cc1N(N)/C=C\N.CCCC. The van der Waals surface area contributed by atoms with E-state index >= 15 is 0 Å². The molecule has 0 saturated carbocycles. The van der Waals surface area contributed by atoms with Gasteiger partial charge in [-0.2, -0.15) is 0 Å². The molecule has 0 saturated heterocycles. The van der Waals surface area contributed by atoms with Crippen LogP contribution in [-0.2, 0) is 0 Å². The molecule has 4 heteroatoms. The Kier molecular flexibility index (Phi) is 8.58. The van der Waals surface area contributed by atoms with Gasteiger partial charge < -0.3 is 5.73 Å². The zero-order valence-corrected chi connectivity index (χ0v) is 15.2. The van der Waals surface area contributed by atoms with Gasteiger partial charge in [0.25, 0.3) is 0 Å². The van der Waals surface area contributed by atoms with Crippen LogP contribution in [0.25, 0.3) is 11.3 Å². The molecule has 0 aliphatic carbocycles. The van der Waals surface area contributed by atoms with E-state index in [2.05, 4.69) is 44.8 Å². The summed E-state index contributed by atoms with van der Waals surface area (Å²) in [5.74, 6) is 6.41. The largest absolute Gasteiger partial charge is 0.403 e. The van der Waals surface area contributed by atoms with Crippen molar-refractivity contribution >= 4 is 5.69 Å². The van der Waals surface area contributed by atoms with E-state index in [4.69, 9.17) is 11.6 Å². The van der Waals surface area contributed by atoms with Crippen LogP contribution in [0.5, 0.6) is 0 Å². The van der Waals surface area contributed by atoms with E-state index in [1.807, 2.05) is 24.3 Å². The Morgan fingerprint density at radius 3 is 2.33 bits per heavy atom. The Morgan fingerprint density at radius 2 is 1.83 bits per heavy atom. The van der Waals surface area contributed by atoms with Crippen LogP contribution in [0.2, 0.25) is 0 Å². The van der Waals surface area contributed by atoms with Crippen molar-refractivity contribution in [2.24, 2.45) is 11.6 Å². The molecule has 1 aromatic heterocycles. The maximum atomic E-state index is 6.04. The molecule has 0 bridgehead atoms. The van der Waals surface area contributed by atoms with Crippen molar-refractivity contribution in [3.05, 3.63) is 60.6 Å². The molecule has 4 nitrogen and oxygen atoms in total. The summed E-state index contributed by atoms with van der Waals surface area (Å²) in [4.78, 5) is 4.37. The lowest BCUT2D eigenvalue weighted by Crippen LogP contribution is -2.26. The van der Waals surface area contributed by atoms with E-state index in [0.717, 1.165) is 16.9 Å². The highest BCUT2D eigenvalue weighted by Crippen LogP contribution is 2.30. The summed E-state index contributed by atoms with van der Waals surface area (Å²) < 4.78 is 0. The van der Waals surface area contributed by atoms with Gasteiger partial charge in [-0.25, -0.2) is 5.84 Å². The van der Waals surface area contributed by atoms with Gasteiger partial charge in [-0.3, -0.25) is 9.99 Å². The van der Waals surface area contributed by atoms with Gasteiger partial charge in [0.1, 0.15) is 0 Å². The third-order valence-electron chi connectivity index (χ3n) is 3.64. The number of nitrogens with zero attached hydrogens (tertiary/aromatic N) is 2. The lowest BCUT2D eigenvalue weighted by atomic mass is 9.98. The third kappa shape index (κ3) is 5.70. The smallest absolute Gasteiger partial charge is 0.0702 e. The third-order valence-corrected chi connectivity index (χ3v) is 3.64. The molecule has 2 rings (SSSR count). The summed E-state index contributed by atoms with van der Waals surface area (Å²) in [6, 6.07) is 12.1. The highest BCUT2D eigenvalue weighted by atomic mass is 15.4. The summed E-state index contributed by atoms with van der Waals surface area (Å²) in [6.45, 7) is 8.64. The monoisotopic (exact) mass is 326 g/mol. The number of nitrogens with two attached hydrogens (primary N) is 2. The predicted octanol–water partition coefficient (Wildman–Crippen LogP) is 4.79. The van der Waals surface area contributed by atoms with Crippen LogP contribution in [0.1, 0.15) is 52.0 Å². The Bertz CT molecular complexity index is 619. The lowest BCUT2D eigenvalue weighted by molar-refractivity contribution is 0.856. The second-order valence-electron chi connectivity index (χ2n) is 5.89. The molecular formula is C20H30N4. The quantitative estimate of drug-likeness (QED) is 0.612. The second-order valence-corrected chi connectivity index (χ2v) is 5.89. The molecule has 130 valence electrons. The number of hydrogen-bond donors (Lipinski definition) is 2. The van der Waals surface area contributed by atoms with E-state index in [9.17, 15) is 0 Å². The normalized spacial score (nSPS) is 10.6. The van der Waals surface area contributed by atoms with Crippen LogP contribution in [-0.4, -0.2) is 4.98 Å². The van der Waals surface area contributed by atoms with Gasteiger partial charge in [-0.15, -0.1) is 0 Å². The fourth-order valence-electron chi connectivity index (χ4n) is 2.12. The molecule has 0 atom stereocenters. The molecule has 24 heavy (non-hydrogen) atoms. The number of anilines is 1. The highest BCUT2D eigenvalue weighted by molar-refractivity contribution is 5.69. The molecule has 4 N–H and O–H groups in total. The van der Waals surface area contributed by atoms with Gasteiger partial charge in [0.2, 0.25) is 0 Å². The first-order chi connectivity index (χ1) is 11.5. The number of aromatic nitrogens is 1. The lowest BCUT2D eigenvalue weighted by Gasteiger charge is -2.21. The average Bonchev–Trinajstić information content (AvgIpc) is 2.62. The molecule has 0 aliphatic heterocycles. The molecule has 0 unspecified atom stereocenters. The molecule has 0 spiro atoms. The number of hydrogen-bond acceptors (Lipinski definition) is 4. The van der Waals surface area contributed by atoms with Gasteiger partial charge in [-0.05, 0) is 29.7 Å². The fraction of sp³-hybridized carbons (Fsp3) is 0.350. The van der Waals surface area contributed by atoms with Crippen LogP contribution in [0.15, 0.2) is 55.0 Å². The van der Waals surface area contributed by atoms with Gasteiger partial charge >= 0.3 is 0 Å². The minimum atomic E-state index is 0.375. The van der Waals surface area contributed by atoms with Crippen molar-refractivity contribution < 1.29 is 0 Å². The van der Waals surface area contributed by atoms with E-state index in [1.165, 1.54) is 24.6 Å². The predicted molar refractivity (Wildman–Crippen MR) is 104 cm³/mol. The number of pyridine rings is 1. The Hall–Kier alpha value is -2.33. The molecule has 0 radical (unpaired) electrons. The molecular weight excluding hydrogens is 296 g/mol. The van der Waals surface area contributed by atoms with Crippen LogP contribution >= 0.6 is 0 Å². The molecule has 0 aliphatic rings. The Balaban J connectivity index is 0.000000648. The van der Waals surface area contributed by atoms with Gasteiger partial charge in [0.05, 0.1) is 11.4 Å². The summed E-state index contributed by atoms with van der Waals surface area (Å²) in [5, 5.41) is 1.54. The topological polar surface area (TPSA) is 68.2 Å². The number of benzene rings is 1. The summed E-state index contributed by atoms with van der Waals surface area (Å²) in [7, 11) is 0. The summed E-state index contributed by atoms with van der Waals surface area (Å²) in [6.07, 6.45) is 7.49. The summed E-state index contributed by atoms with van der Waals surface area (Å²) in [5.41, 5.74) is 9.49. The minimum Gasteiger partial charge on any atom is -0.403 e. The van der Waals surface area contributed by atoms with E-state index < -0.39 is 0 Å². The molecule has 0 fully saturated rings. The Morgan fingerprint density at radius 1 is 1.12 bits per heavy atom. The van der Waals surface area contributed by atoms with E-state index in [0.29, 0.717) is 5.92 Å². The van der Waals surface area contributed by atoms with Crippen molar-refractivity contribution in [2.45, 2.75) is 46.5 Å². The zero-order chi connectivity index (χ0) is 17.9. The van der Waals surface area contributed by atoms with Crippen LogP contribution in [0, 0.1) is 0 Å². The second kappa shape index (κ2) is 10.4. The number of rotatable bonds is 5. The fourth-order valence-corrected chi connectivity index (χ4v) is 2.12. The van der Waals surface area contributed by atoms with Crippen molar-refractivity contribution in [3.8, 4) is 11.3 Å². The summed E-state index contributed by atoms with van der Waals surface area (Å²) >= 11 is 0. The van der Waals surface area contributed by atoms with Crippen molar-refractivity contribution in [2.75, 3.05) is 5.01 Å². The first-order valence-electron chi connectivity index (χ1n) is 8.52.